The van der Waals surface area contributed by atoms with Crippen LogP contribution in [0.5, 0.6) is 0 Å². The molecule has 3 heterocycles. The highest BCUT2D eigenvalue weighted by Gasteiger charge is 2.18. The number of aromatic nitrogens is 2. The van der Waals surface area contributed by atoms with Crippen LogP contribution < -0.4 is 0 Å². The third kappa shape index (κ3) is 4.35. The predicted octanol–water partition coefficient (Wildman–Crippen LogP) is 4.74. The second kappa shape index (κ2) is 8.27. The van der Waals surface area contributed by atoms with Crippen molar-refractivity contribution in [3.8, 4) is 0 Å². The van der Waals surface area contributed by atoms with Crippen molar-refractivity contribution in [2.24, 2.45) is 0 Å². The fraction of sp³-hybridized carbons (Fsp3) is 0.429. The van der Waals surface area contributed by atoms with Crippen LogP contribution in [-0.4, -0.2) is 41.2 Å². The molecule has 1 fully saturated rings. The van der Waals surface area contributed by atoms with Crippen LogP contribution in [0.25, 0.3) is 10.2 Å². The molecule has 2 aromatic heterocycles. The maximum absolute atomic E-state index is 5.46. The van der Waals surface area contributed by atoms with Gasteiger partial charge in [0.1, 0.15) is 15.7 Å². The summed E-state index contributed by atoms with van der Waals surface area (Å²) in [6.07, 6.45) is 0. The Labute approximate surface area is 169 Å². The molecule has 6 heteroatoms. The Balaban J connectivity index is 1.62. The summed E-state index contributed by atoms with van der Waals surface area (Å²) in [6.45, 7) is 10.8. The number of aryl methyl sites for hydroxylation is 3. The van der Waals surface area contributed by atoms with E-state index < -0.39 is 0 Å². The Hall–Kier alpha value is -1.47. The zero-order chi connectivity index (χ0) is 18.8. The molecule has 0 radical (unpaired) electrons. The van der Waals surface area contributed by atoms with Crippen molar-refractivity contribution in [1.82, 2.24) is 14.9 Å². The normalized spacial score (nSPS) is 15.5. The van der Waals surface area contributed by atoms with Crippen LogP contribution in [0.1, 0.15) is 27.4 Å². The van der Waals surface area contributed by atoms with Crippen molar-refractivity contribution in [2.75, 3.05) is 26.3 Å². The number of thioether (sulfide) groups is 1. The average molecular weight is 400 g/mol. The molecule has 27 heavy (non-hydrogen) atoms. The van der Waals surface area contributed by atoms with E-state index in [1.165, 1.54) is 27.0 Å². The van der Waals surface area contributed by atoms with Crippen molar-refractivity contribution in [2.45, 2.75) is 38.1 Å². The topological polar surface area (TPSA) is 38.2 Å². The van der Waals surface area contributed by atoms with Crippen LogP contribution >= 0.6 is 23.1 Å². The van der Waals surface area contributed by atoms with Crippen molar-refractivity contribution >= 4 is 33.3 Å². The van der Waals surface area contributed by atoms with Gasteiger partial charge in [0.2, 0.25) is 0 Å². The number of morpholine rings is 1. The minimum Gasteiger partial charge on any atom is -0.379 e. The van der Waals surface area contributed by atoms with E-state index in [4.69, 9.17) is 14.7 Å². The second-order valence-corrected chi connectivity index (χ2v) is 9.24. The molecule has 0 amide bonds. The molecule has 0 N–H and O–H groups in total. The Morgan fingerprint density at radius 3 is 2.56 bits per heavy atom. The molecule has 1 aliphatic heterocycles. The lowest BCUT2D eigenvalue weighted by atomic mass is 10.2. The Kier molecular flexibility index (Phi) is 5.78. The molecular weight excluding hydrogens is 374 g/mol. The SMILES string of the molecule is Cc1ccc(CSc2nc(CN3CCOCC3)nc3sc(C)c(C)c23)cc1. The minimum absolute atomic E-state index is 0.799. The van der Waals surface area contributed by atoms with Gasteiger partial charge in [0.25, 0.3) is 0 Å². The van der Waals surface area contributed by atoms with Crippen molar-refractivity contribution in [3.05, 3.63) is 51.7 Å². The molecular formula is C21H25N3OS2. The van der Waals surface area contributed by atoms with Crippen molar-refractivity contribution < 1.29 is 4.74 Å². The first-order valence-corrected chi connectivity index (χ1v) is 11.2. The zero-order valence-corrected chi connectivity index (χ0v) is 17.8. The van der Waals surface area contributed by atoms with E-state index in [1.807, 2.05) is 11.8 Å². The number of rotatable bonds is 5. The summed E-state index contributed by atoms with van der Waals surface area (Å²) in [7, 11) is 0. The van der Waals surface area contributed by atoms with Crippen molar-refractivity contribution in [1.29, 1.82) is 0 Å². The first-order chi connectivity index (χ1) is 13.1. The van der Waals surface area contributed by atoms with Gasteiger partial charge < -0.3 is 4.74 Å². The molecule has 0 spiro atoms. The first-order valence-electron chi connectivity index (χ1n) is 9.35. The molecule has 1 aromatic carbocycles. The quantitative estimate of drug-likeness (QED) is 0.458. The molecule has 142 valence electrons. The molecule has 4 nitrogen and oxygen atoms in total. The molecule has 0 atom stereocenters. The van der Waals surface area contributed by atoms with Gasteiger partial charge in [0.05, 0.1) is 19.8 Å². The minimum atomic E-state index is 0.799. The van der Waals surface area contributed by atoms with Gasteiger partial charge in [-0.1, -0.05) is 29.8 Å². The molecule has 0 saturated carbocycles. The molecule has 4 rings (SSSR count). The van der Waals surface area contributed by atoms with E-state index in [0.717, 1.165) is 54.3 Å². The smallest absolute Gasteiger partial charge is 0.145 e. The number of hydrogen-bond donors (Lipinski definition) is 0. The van der Waals surface area contributed by atoms with Crippen LogP contribution in [0, 0.1) is 20.8 Å². The lowest BCUT2D eigenvalue weighted by Gasteiger charge is -2.25. The number of thiophene rings is 1. The lowest BCUT2D eigenvalue weighted by Crippen LogP contribution is -2.36. The van der Waals surface area contributed by atoms with Crippen molar-refractivity contribution in [3.63, 3.8) is 0 Å². The van der Waals surface area contributed by atoms with Gasteiger partial charge in [0, 0.05) is 29.1 Å². The average Bonchev–Trinajstić information content (AvgIpc) is 2.96. The zero-order valence-electron chi connectivity index (χ0n) is 16.1. The van der Waals surface area contributed by atoms with Gasteiger partial charge in [-0.2, -0.15) is 0 Å². The van der Waals surface area contributed by atoms with Gasteiger partial charge in [0.15, 0.2) is 0 Å². The largest absolute Gasteiger partial charge is 0.379 e. The van der Waals surface area contributed by atoms with Crippen LogP contribution in [0.4, 0.5) is 0 Å². The molecule has 3 aromatic rings. The summed E-state index contributed by atoms with van der Waals surface area (Å²) < 4.78 is 5.46. The van der Waals surface area contributed by atoms with E-state index in [2.05, 4.69) is 49.9 Å². The standard InChI is InChI=1S/C21H25N3OS2/c1-14-4-6-17(7-5-14)13-26-20-19-15(2)16(3)27-21(19)23-18(22-20)12-24-8-10-25-11-9-24/h4-7H,8-13H2,1-3H3. The summed E-state index contributed by atoms with van der Waals surface area (Å²) >= 11 is 3.61. The van der Waals surface area contributed by atoms with Crippen LogP contribution in [0.2, 0.25) is 0 Å². The summed E-state index contributed by atoms with van der Waals surface area (Å²) in [5, 5.41) is 2.35. The number of benzene rings is 1. The van der Waals surface area contributed by atoms with Gasteiger partial charge in [-0.3, -0.25) is 4.90 Å². The van der Waals surface area contributed by atoms with Gasteiger partial charge in [-0.15, -0.1) is 23.1 Å². The predicted molar refractivity (Wildman–Crippen MR) is 114 cm³/mol. The van der Waals surface area contributed by atoms with E-state index in [9.17, 15) is 0 Å². The summed E-state index contributed by atoms with van der Waals surface area (Å²) in [6, 6.07) is 8.77. The maximum Gasteiger partial charge on any atom is 0.145 e. The Bertz CT molecular complexity index is 931. The van der Waals surface area contributed by atoms with Gasteiger partial charge in [-0.05, 0) is 31.9 Å². The van der Waals surface area contributed by atoms with E-state index in [1.54, 1.807) is 11.3 Å². The third-order valence-corrected chi connectivity index (χ3v) is 7.15. The molecule has 1 saturated heterocycles. The molecule has 0 aliphatic carbocycles. The highest BCUT2D eigenvalue weighted by Crippen LogP contribution is 2.36. The highest BCUT2D eigenvalue weighted by atomic mass is 32.2. The fourth-order valence-electron chi connectivity index (χ4n) is 3.23. The summed E-state index contributed by atoms with van der Waals surface area (Å²) in [5.74, 6) is 1.86. The van der Waals surface area contributed by atoms with E-state index >= 15 is 0 Å². The fourth-order valence-corrected chi connectivity index (χ4v) is 5.40. The van der Waals surface area contributed by atoms with E-state index in [0.29, 0.717) is 0 Å². The van der Waals surface area contributed by atoms with Gasteiger partial charge >= 0.3 is 0 Å². The number of fused-ring (bicyclic) bond motifs is 1. The van der Waals surface area contributed by atoms with E-state index in [-0.39, 0.29) is 0 Å². The molecule has 0 bridgehead atoms. The third-order valence-electron chi connectivity index (χ3n) is 5.01. The summed E-state index contributed by atoms with van der Waals surface area (Å²) in [4.78, 5) is 14.7. The van der Waals surface area contributed by atoms with Crippen LogP contribution in [0.15, 0.2) is 29.3 Å². The number of ether oxygens (including phenoxy) is 1. The number of nitrogens with zero attached hydrogens (tertiary/aromatic N) is 3. The maximum atomic E-state index is 5.46. The van der Waals surface area contributed by atoms with Crippen LogP contribution in [0.3, 0.4) is 0 Å². The van der Waals surface area contributed by atoms with Crippen LogP contribution in [-0.2, 0) is 17.0 Å². The molecule has 0 unspecified atom stereocenters. The Morgan fingerprint density at radius 1 is 1.07 bits per heavy atom. The Morgan fingerprint density at radius 2 is 1.81 bits per heavy atom. The second-order valence-electron chi connectivity index (χ2n) is 7.07. The molecule has 1 aliphatic rings. The van der Waals surface area contributed by atoms with Gasteiger partial charge in [-0.25, -0.2) is 9.97 Å². The summed E-state index contributed by atoms with van der Waals surface area (Å²) in [5.41, 5.74) is 3.95. The lowest BCUT2D eigenvalue weighted by molar-refractivity contribution is 0.0330. The highest BCUT2D eigenvalue weighted by molar-refractivity contribution is 7.98. The number of hydrogen-bond acceptors (Lipinski definition) is 6. The monoisotopic (exact) mass is 399 g/mol. The first kappa shape index (κ1) is 18.9.